The summed E-state index contributed by atoms with van der Waals surface area (Å²) < 4.78 is 19.9. The number of aromatic nitrogens is 2. The zero-order chi connectivity index (χ0) is 28.5. The van der Waals surface area contributed by atoms with Crippen LogP contribution in [-0.2, 0) is 17.8 Å². The number of hydrogen-bond acceptors (Lipinski definition) is 7. The molecule has 0 N–H and O–H groups in total. The molecule has 1 aliphatic carbocycles. The van der Waals surface area contributed by atoms with Crippen molar-refractivity contribution in [2.45, 2.75) is 51.6 Å². The van der Waals surface area contributed by atoms with E-state index < -0.39 is 17.8 Å². The van der Waals surface area contributed by atoms with Gasteiger partial charge in [-0.25, -0.2) is 4.39 Å². The summed E-state index contributed by atoms with van der Waals surface area (Å²) in [6.45, 7) is 8.49. The van der Waals surface area contributed by atoms with E-state index in [-0.39, 0.29) is 13.0 Å². The Balaban J connectivity index is 1.33. The van der Waals surface area contributed by atoms with Crippen LogP contribution < -0.4 is 14.5 Å². The molecule has 2 aromatic carbocycles. The van der Waals surface area contributed by atoms with Gasteiger partial charge in [0.2, 0.25) is 0 Å². The highest BCUT2D eigenvalue weighted by atomic mass is 19.1. The first-order valence-electron chi connectivity index (χ1n) is 14.5. The van der Waals surface area contributed by atoms with E-state index in [0.717, 1.165) is 42.9 Å². The van der Waals surface area contributed by atoms with Crippen LogP contribution >= 0.6 is 0 Å². The van der Waals surface area contributed by atoms with Gasteiger partial charge in [-0.05, 0) is 49.1 Å². The molecule has 1 saturated carbocycles. The lowest BCUT2D eigenvalue weighted by atomic mass is 9.86. The average Bonchev–Trinajstić information content (AvgIpc) is 2.95. The summed E-state index contributed by atoms with van der Waals surface area (Å²) in [6.07, 6.45) is 4.41. The molecule has 9 heteroatoms. The third-order valence-electron chi connectivity index (χ3n) is 8.73. The molecular formula is C32H35FN6O2. The van der Waals surface area contributed by atoms with Gasteiger partial charge in [-0.3, -0.25) is 4.79 Å². The molecule has 1 amide bonds. The summed E-state index contributed by atoms with van der Waals surface area (Å²) >= 11 is 0. The molecule has 1 saturated heterocycles. The van der Waals surface area contributed by atoms with E-state index >= 15 is 0 Å². The number of nitrogens with zero attached hydrogens (tertiary/aromatic N) is 6. The monoisotopic (exact) mass is 554 g/mol. The van der Waals surface area contributed by atoms with Crippen molar-refractivity contribution >= 4 is 28.2 Å². The minimum absolute atomic E-state index is 0.0992. The molecule has 2 aliphatic heterocycles. The Morgan fingerprint density at radius 3 is 2.68 bits per heavy atom. The number of piperazine rings is 1. The van der Waals surface area contributed by atoms with Gasteiger partial charge in [-0.15, -0.1) is 0 Å². The summed E-state index contributed by atoms with van der Waals surface area (Å²) in [4.78, 5) is 28.2. The number of nitriles is 1. The largest absolute Gasteiger partial charge is 0.463 e. The van der Waals surface area contributed by atoms with E-state index in [1.54, 1.807) is 0 Å². The van der Waals surface area contributed by atoms with Crippen LogP contribution in [0.5, 0.6) is 6.01 Å². The maximum atomic E-state index is 13.8. The molecule has 6 rings (SSSR count). The number of benzene rings is 2. The van der Waals surface area contributed by atoms with E-state index in [1.165, 1.54) is 33.3 Å². The molecule has 2 fully saturated rings. The number of ether oxygens (including phenoxy) is 1. The highest BCUT2D eigenvalue weighted by Gasteiger charge is 2.35. The van der Waals surface area contributed by atoms with Crippen LogP contribution in [0.15, 0.2) is 48.8 Å². The van der Waals surface area contributed by atoms with Crippen LogP contribution in [0.3, 0.4) is 0 Å². The smallest absolute Gasteiger partial charge is 0.318 e. The summed E-state index contributed by atoms with van der Waals surface area (Å²) in [7, 11) is 0. The van der Waals surface area contributed by atoms with Crippen molar-refractivity contribution in [3.8, 4) is 12.1 Å². The molecule has 1 aromatic heterocycles. The Bertz CT molecular complexity index is 1530. The Morgan fingerprint density at radius 2 is 1.95 bits per heavy atom. The molecule has 0 spiro atoms. The van der Waals surface area contributed by atoms with E-state index in [9.17, 15) is 14.4 Å². The van der Waals surface area contributed by atoms with Crippen molar-refractivity contribution in [3.05, 3.63) is 65.6 Å². The molecule has 0 radical (unpaired) electrons. The van der Waals surface area contributed by atoms with Crippen LogP contribution in [0.2, 0.25) is 0 Å². The van der Waals surface area contributed by atoms with Crippen molar-refractivity contribution in [1.82, 2.24) is 14.9 Å². The van der Waals surface area contributed by atoms with Crippen molar-refractivity contribution < 1.29 is 13.9 Å². The van der Waals surface area contributed by atoms with Crippen molar-refractivity contribution in [3.63, 3.8) is 0 Å². The number of hydrogen-bond donors (Lipinski definition) is 0. The van der Waals surface area contributed by atoms with Gasteiger partial charge in [0.05, 0.1) is 37.4 Å². The third-order valence-corrected chi connectivity index (χ3v) is 8.73. The first-order chi connectivity index (χ1) is 19.9. The summed E-state index contributed by atoms with van der Waals surface area (Å²) in [6, 6.07) is 14.9. The Morgan fingerprint density at radius 1 is 1.15 bits per heavy atom. The fourth-order valence-electron chi connectivity index (χ4n) is 6.29. The molecule has 0 unspecified atom stereocenters. The zero-order valence-electron chi connectivity index (χ0n) is 23.5. The quantitative estimate of drug-likeness (QED) is 0.376. The number of fused-ring (bicyclic) bond motifs is 2. The topological polar surface area (TPSA) is 85.6 Å². The molecule has 8 nitrogen and oxygen atoms in total. The van der Waals surface area contributed by atoms with Gasteiger partial charge in [0.25, 0.3) is 5.91 Å². The van der Waals surface area contributed by atoms with Gasteiger partial charge >= 0.3 is 6.01 Å². The lowest BCUT2D eigenvalue weighted by molar-refractivity contribution is -0.131. The zero-order valence-corrected chi connectivity index (χ0v) is 23.5. The Hall–Kier alpha value is -4.19. The minimum atomic E-state index is -1.00. The van der Waals surface area contributed by atoms with E-state index in [1.807, 2.05) is 0 Å². The first kappa shape index (κ1) is 27.0. The fourth-order valence-corrected chi connectivity index (χ4v) is 6.29. The minimum Gasteiger partial charge on any atom is -0.463 e. The van der Waals surface area contributed by atoms with Gasteiger partial charge in [-0.2, -0.15) is 15.2 Å². The average molecular weight is 555 g/mol. The number of carbonyl (C=O) groups is 1. The van der Waals surface area contributed by atoms with Gasteiger partial charge in [-0.1, -0.05) is 43.3 Å². The third kappa shape index (κ3) is 5.31. The second-order valence-corrected chi connectivity index (χ2v) is 11.4. The second-order valence-electron chi connectivity index (χ2n) is 11.4. The van der Waals surface area contributed by atoms with E-state index in [0.29, 0.717) is 38.2 Å². The van der Waals surface area contributed by atoms with Crippen molar-refractivity contribution in [1.29, 1.82) is 5.26 Å². The maximum absolute atomic E-state index is 13.8. The Kier molecular flexibility index (Phi) is 7.48. The van der Waals surface area contributed by atoms with Crippen molar-refractivity contribution in [2.75, 3.05) is 42.6 Å². The molecular weight excluding hydrogens is 519 g/mol. The Labute approximate surface area is 240 Å². The second kappa shape index (κ2) is 11.4. The lowest BCUT2D eigenvalue weighted by Crippen LogP contribution is -2.55. The summed E-state index contributed by atoms with van der Waals surface area (Å²) in [5.41, 5.74) is 4.43. The van der Waals surface area contributed by atoms with Gasteiger partial charge < -0.3 is 19.4 Å². The van der Waals surface area contributed by atoms with Crippen LogP contribution in [-0.4, -0.2) is 59.6 Å². The first-order valence-corrected chi connectivity index (χ1v) is 14.5. The van der Waals surface area contributed by atoms with Crippen LogP contribution in [0.1, 0.15) is 42.5 Å². The van der Waals surface area contributed by atoms with Crippen LogP contribution in [0.4, 0.5) is 15.9 Å². The molecule has 3 aliphatic rings. The molecule has 3 heterocycles. The standard InChI is InChI=1S/C32H35FN6O2/c1-21-6-3-9-24-10-5-11-28(29(21)24)37-15-13-26-27(19-37)35-32(41-20-23-7-4-8-23)36-30(26)38-16-17-39(31(40)22(2)33)25(18-38)12-14-34/h3,5-6,9-11,23,25H,2,4,7-8,12-13,15-20H2,1H3/t25-/m0/s1. The predicted octanol–water partition coefficient (Wildman–Crippen LogP) is 5.09. The van der Waals surface area contributed by atoms with Gasteiger partial charge in [0.15, 0.2) is 5.83 Å². The lowest BCUT2D eigenvalue weighted by Gasteiger charge is -2.42. The molecule has 212 valence electrons. The summed E-state index contributed by atoms with van der Waals surface area (Å²) in [5, 5.41) is 11.9. The highest BCUT2D eigenvalue weighted by Crippen LogP contribution is 2.36. The number of carbonyl (C=O) groups excluding carboxylic acids is 1. The number of halogens is 1. The van der Waals surface area contributed by atoms with Crippen molar-refractivity contribution in [2.24, 2.45) is 5.92 Å². The molecule has 3 aromatic rings. The number of aryl methyl sites for hydroxylation is 1. The fraction of sp³-hybridized carbons (Fsp3) is 0.438. The van der Waals surface area contributed by atoms with Gasteiger partial charge in [0.1, 0.15) is 5.82 Å². The highest BCUT2D eigenvalue weighted by molar-refractivity contribution is 5.97. The molecule has 0 bridgehead atoms. The number of anilines is 2. The van der Waals surface area contributed by atoms with Crippen LogP contribution in [0, 0.1) is 24.2 Å². The molecule has 41 heavy (non-hydrogen) atoms. The number of rotatable bonds is 7. The molecule has 1 atom stereocenters. The number of amides is 1. The van der Waals surface area contributed by atoms with E-state index in [2.05, 4.69) is 65.8 Å². The normalized spacial score (nSPS) is 19.0. The maximum Gasteiger partial charge on any atom is 0.318 e. The SMILES string of the molecule is C=C(F)C(=O)N1CCN(c2nc(OCC3CCC3)nc3c2CCN(c2cccc4cccc(C)c24)C3)C[C@@H]1CC#N. The predicted molar refractivity (Wildman–Crippen MR) is 156 cm³/mol. The summed E-state index contributed by atoms with van der Waals surface area (Å²) in [5.74, 6) is -0.422. The van der Waals surface area contributed by atoms with Crippen LogP contribution in [0.25, 0.3) is 10.8 Å². The van der Waals surface area contributed by atoms with Gasteiger partial charge in [0, 0.05) is 42.8 Å². The van der Waals surface area contributed by atoms with E-state index in [4.69, 9.17) is 14.7 Å².